The number of rotatable bonds is 5. The minimum Gasteiger partial charge on any atom is -0.450 e. The van der Waals surface area contributed by atoms with Gasteiger partial charge in [0.05, 0.1) is 17.1 Å². The van der Waals surface area contributed by atoms with Crippen LogP contribution in [0.1, 0.15) is 36.9 Å². The van der Waals surface area contributed by atoms with Crippen LogP contribution < -0.4 is 10.2 Å². The van der Waals surface area contributed by atoms with Gasteiger partial charge in [0.1, 0.15) is 29.6 Å². The molecule has 4 heterocycles. The van der Waals surface area contributed by atoms with Crippen LogP contribution in [0, 0.1) is 12.7 Å². The minimum atomic E-state index is -1.26. The van der Waals surface area contributed by atoms with E-state index in [4.69, 9.17) is 14.8 Å². The number of nitrogens with one attached hydrogen (secondary N) is 1. The minimum absolute atomic E-state index is 0.208. The maximum atomic E-state index is 14.3. The lowest BCUT2D eigenvalue weighted by Gasteiger charge is -2.34. The molecule has 0 spiro atoms. The monoisotopic (exact) mass is 476 g/mol. The molecular weight excluding hydrogens is 451 g/mol. The zero-order valence-electron chi connectivity index (χ0n) is 19.4. The van der Waals surface area contributed by atoms with E-state index < -0.39 is 6.16 Å². The van der Waals surface area contributed by atoms with Crippen LogP contribution in [-0.4, -0.2) is 50.4 Å². The number of nitrogens with zero attached hydrogens (tertiary/aromatic N) is 5. The molecule has 1 saturated heterocycles. The van der Waals surface area contributed by atoms with Crippen molar-refractivity contribution in [3.05, 3.63) is 59.8 Å². The van der Waals surface area contributed by atoms with E-state index in [0.29, 0.717) is 48.3 Å². The average Bonchev–Trinajstić information content (AvgIpc) is 2.86. The number of carbonyl (C=O) groups is 1. The second kappa shape index (κ2) is 9.28. The molecule has 2 N–H and O–H groups in total. The Hall–Kier alpha value is -4.08. The van der Waals surface area contributed by atoms with Crippen LogP contribution in [0.25, 0.3) is 21.9 Å². The van der Waals surface area contributed by atoms with E-state index in [1.165, 1.54) is 12.4 Å². The summed E-state index contributed by atoms with van der Waals surface area (Å²) in [4.78, 5) is 31.1. The molecule has 10 heteroatoms. The Bertz CT molecular complexity index is 1400. The molecule has 4 aromatic rings. The lowest BCUT2D eigenvalue weighted by atomic mass is 10.0. The van der Waals surface area contributed by atoms with Crippen molar-refractivity contribution in [3.8, 4) is 0 Å². The van der Waals surface area contributed by atoms with Crippen molar-refractivity contribution in [2.45, 2.75) is 38.8 Å². The van der Waals surface area contributed by atoms with Crippen molar-refractivity contribution < 1.29 is 19.0 Å². The van der Waals surface area contributed by atoms with Gasteiger partial charge in [-0.15, -0.1) is 0 Å². The molecule has 1 fully saturated rings. The summed E-state index contributed by atoms with van der Waals surface area (Å²) in [5.41, 5.74) is 3.42. The third-order valence-electron chi connectivity index (χ3n) is 6.41. The van der Waals surface area contributed by atoms with Crippen LogP contribution in [0.3, 0.4) is 0 Å². The van der Waals surface area contributed by atoms with Crippen molar-refractivity contribution in [1.29, 1.82) is 0 Å². The number of aromatic nitrogens is 4. The number of anilines is 2. The number of halogens is 1. The fourth-order valence-electron chi connectivity index (χ4n) is 4.55. The second-order valence-electron chi connectivity index (χ2n) is 8.67. The molecule has 0 bridgehead atoms. The molecule has 5 rings (SSSR count). The van der Waals surface area contributed by atoms with Gasteiger partial charge in [-0.3, -0.25) is 4.98 Å². The van der Waals surface area contributed by atoms with Gasteiger partial charge in [-0.1, -0.05) is 0 Å². The summed E-state index contributed by atoms with van der Waals surface area (Å²) in [7, 11) is 0. The maximum absolute atomic E-state index is 14.3. The van der Waals surface area contributed by atoms with Gasteiger partial charge >= 0.3 is 6.16 Å². The van der Waals surface area contributed by atoms with Gasteiger partial charge < -0.3 is 20.1 Å². The molecule has 9 nitrogen and oxygen atoms in total. The highest BCUT2D eigenvalue weighted by molar-refractivity contribution is 5.86. The van der Waals surface area contributed by atoms with Gasteiger partial charge in [0, 0.05) is 48.6 Å². The number of hydrogen-bond acceptors (Lipinski definition) is 8. The van der Waals surface area contributed by atoms with E-state index >= 15 is 0 Å². The number of hydrogen-bond donors (Lipinski definition) is 2. The van der Waals surface area contributed by atoms with E-state index in [1.54, 1.807) is 19.2 Å². The second-order valence-corrected chi connectivity index (χ2v) is 8.67. The van der Waals surface area contributed by atoms with Crippen LogP contribution in [-0.2, 0) is 4.74 Å². The highest BCUT2D eigenvalue weighted by Gasteiger charge is 2.27. The first-order valence-electron chi connectivity index (χ1n) is 11.5. The summed E-state index contributed by atoms with van der Waals surface area (Å²) in [6.45, 7) is 4.88. The Morgan fingerprint density at radius 1 is 1.20 bits per heavy atom. The third-order valence-corrected chi connectivity index (χ3v) is 6.41. The maximum Gasteiger partial charge on any atom is 0.506 e. The molecule has 0 unspecified atom stereocenters. The Labute approximate surface area is 201 Å². The van der Waals surface area contributed by atoms with Crippen LogP contribution in [0.4, 0.5) is 20.8 Å². The molecule has 0 amide bonds. The summed E-state index contributed by atoms with van der Waals surface area (Å²) in [6, 6.07) is 8.71. The molecule has 35 heavy (non-hydrogen) atoms. The van der Waals surface area contributed by atoms with Crippen LogP contribution >= 0.6 is 0 Å². The van der Waals surface area contributed by atoms with Crippen molar-refractivity contribution in [3.63, 3.8) is 0 Å². The Balaban J connectivity index is 1.53. The highest BCUT2D eigenvalue weighted by Crippen LogP contribution is 2.34. The van der Waals surface area contributed by atoms with Gasteiger partial charge in [-0.25, -0.2) is 24.1 Å². The molecule has 3 aromatic heterocycles. The van der Waals surface area contributed by atoms with E-state index in [1.807, 2.05) is 25.1 Å². The van der Waals surface area contributed by atoms with Gasteiger partial charge in [0.15, 0.2) is 5.82 Å². The molecule has 0 saturated carbocycles. The Morgan fingerprint density at radius 2 is 2.00 bits per heavy atom. The molecule has 1 aliphatic heterocycles. The van der Waals surface area contributed by atoms with E-state index in [-0.39, 0.29) is 18.0 Å². The van der Waals surface area contributed by atoms with Gasteiger partial charge in [-0.05, 0) is 44.2 Å². The number of carboxylic acid groups (broad SMARTS) is 1. The molecule has 0 aliphatic carbocycles. The molecule has 1 aliphatic rings. The van der Waals surface area contributed by atoms with Crippen LogP contribution in [0.2, 0.25) is 0 Å². The van der Waals surface area contributed by atoms with Gasteiger partial charge in [-0.2, -0.15) is 0 Å². The summed E-state index contributed by atoms with van der Waals surface area (Å²) < 4.78 is 19.3. The Morgan fingerprint density at radius 3 is 2.77 bits per heavy atom. The first kappa shape index (κ1) is 22.7. The Kier molecular flexibility index (Phi) is 6.02. The largest absolute Gasteiger partial charge is 0.506 e. The van der Waals surface area contributed by atoms with Gasteiger partial charge in [0.2, 0.25) is 0 Å². The zero-order chi connectivity index (χ0) is 24.5. The van der Waals surface area contributed by atoms with Crippen molar-refractivity contribution in [1.82, 2.24) is 19.9 Å². The fraction of sp³-hybridized carbons (Fsp3) is 0.320. The number of aryl methyl sites for hydroxylation is 1. The predicted molar refractivity (Wildman–Crippen MR) is 130 cm³/mol. The highest BCUT2D eigenvalue weighted by atomic mass is 19.1. The zero-order valence-corrected chi connectivity index (χ0v) is 19.4. The summed E-state index contributed by atoms with van der Waals surface area (Å²) in [5, 5.41) is 13.2. The first-order valence-corrected chi connectivity index (χ1v) is 11.5. The number of benzene rings is 1. The molecule has 180 valence electrons. The molecule has 1 atom stereocenters. The smallest absolute Gasteiger partial charge is 0.450 e. The van der Waals surface area contributed by atoms with Crippen molar-refractivity contribution in [2.24, 2.45) is 0 Å². The third kappa shape index (κ3) is 4.51. The first-order chi connectivity index (χ1) is 16.9. The number of piperidine rings is 1. The standard InChI is InChI=1S/C25H25FN6O3/c1-14-19(26)6-5-16-12-18(15(2)30-23-22-20(28-13-29-23)4-3-9-27-22)24(31-21(14)16)32-10-7-17(8-11-32)35-25(33)34/h3-6,9,12-13,15,17H,7-8,10-11H2,1-2H3,(H,33,34)(H,28,29,30)/t15-/m0/s1. The summed E-state index contributed by atoms with van der Waals surface area (Å²) in [6.07, 6.45) is 2.69. The summed E-state index contributed by atoms with van der Waals surface area (Å²) >= 11 is 0. The molecule has 1 aromatic carbocycles. The number of fused-ring (bicyclic) bond motifs is 2. The van der Waals surface area contributed by atoms with E-state index in [0.717, 1.165) is 22.3 Å². The lowest BCUT2D eigenvalue weighted by Crippen LogP contribution is -2.39. The van der Waals surface area contributed by atoms with E-state index in [2.05, 4.69) is 25.2 Å². The van der Waals surface area contributed by atoms with Crippen LogP contribution in [0.5, 0.6) is 0 Å². The van der Waals surface area contributed by atoms with Crippen molar-refractivity contribution >= 4 is 39.7 Å². The predicted octanol–water partition coefficient (Wildman–Crippen LogP) is 4.86. The summed E-state index contributed by atoms with van der Waals surface area (Å²) in [5.74, 6) is 1.03. The quantitative estimate of drug-likeness (QED) is 0.390. The average molecular weight is 477 g/mol. The SMILES string of the molecule is Cc1c(F)ccc2cc([C@H](C)Nc3ncnc4cccnc34)c(N3CCC(OC(=O)O)CC3)nc12. The number of pyridine rings is 2. The topological polar surface area (TPSA) is 113 Å². The normalized spacial score (nSPS) is 15.3. The van der Waals surface area contributed by atoms with Gasteiger partial charge in [0.25, 0.3) is 0 Å². The van der Waals surface area contributed by atoms with Crippen LogP contribution in [0.15, 0.2) is 42.9 Å². The van der Waals surface area contributed by atoms with Crippen molar-refractivity contribution in [2.75, 3.05) is 23.3 Å². The van der Waals surface area contributed by atoms with E-state index in [9.17, 15) is 9.18 Å². The molecular formula is C25H25FN6O3. The lowest BCUT2D eigenvalue weighted by molar-refractivity contribution is 0.0415. The number of ether oxygens (including phenoxy) is 1. The molecule has 0 radical (unpaired) electrons. The fourth-order valence-corrected chi connectivity index (χ4v) is 4.55.